The van der Waals surface area contributed by atoms with Crippen LogP contribution >= 0.6 is 11.6 Å². The zero-order chi connectivity index (χ0) is 12.1. The third-order valence-corrected chi connectivity index (χ3v) is 3.04. The van der Waals surface area contributed by atoms with Gasteiger partial charge in [0.2, 0.25) is 0 Å². The van der Waals surface area contributed by atoms with Crippen molar-refractivity contribution in [3.63, 3.8) is 0 Å². The minimum absolute atomic E-state index is 0.0903. The van der Waals surface area contributed by atoms with Crippen LogP contribution in [0.2, 0.25) is 5.02 Å². The van der Waals surface area contributed by atoms with Crippen LogP contribution in [0.3, 0.4) is 0 Å². The molecule has 0 radical (unpaired) electrons. The van der Waals surface area contributed by atoms with Crippen molar-refractivity contribution >= 4 is 11.6 Å². The Kier molecular flexibility index (Phi) is 4.66. The van der Waals surface area contributed by atoms with Crippen LogP contribution in [0.5, 0.6) is 5.75 Å². The van der Waals surface area contributed by atoms with Crippen LogP contribution in [0.1, 0.15) is 24.8 Å². The average molecular weight is 257 g/mol. The van der Waals surface area contributed by atoms with Crippen LogP contribution < -0.4 is 4.74 Å². The van der Waals surface area contributed by atoms with Crippen LogP contribution in [0, 0.1) is 0 Å². The molecule has 0 aromatic heterocycles. The van der Waals surface area contributed by atoms with Crippen molar-refractivity contribution in [3.05, 3.63) is 28.8 Å². The first kappa shape index (κ1) is 12.7. The average Bonchev–Trinajstić information content (AvgIpc) is 2.38. The first-order chi connectivity index (χ1) is 8.29. The van der Waals surface area contributed by atoms with Crippen molar-refractivity contribution in [1.29, 1.82) is 0 Å². The summed E-state index contributed by atoms with van der Waals surface area (Å²) in [7, 11) is 1.64. The molecule has 0 saturated carbocycles. The van der Waals surface area contributed by atoms with Crippen LogP contribution in [0.15, 0.2) is 18.2 Å². The molecule has 0 amide bonds. The summed E-state index contributed by atoms with van der Waals surface area (Å²) in [5.74, 6) is 0.796. The first-order valence-electron chi connectivity index (χ1n) is 5.85. The number of hydrogen-bond acceptors (Lipinski definition) is 3. The number of rotatable bonds is 4. The molecule has 1 aromatic carbocycles. The van der Waals surface area contributed by atoms with E-state index < -0.39 is 0 Å². The van der Waals surface area contributed by atoms with Gasteiger partial charge in [0.05, 0.1) is 13.7 Å². The number of methoxy groups -OCH3 is 1. The zero-order valence-electron chi connectivity index (χ0n) is 9.95. The molecule has 1 saturated heterocycles. The molecular weight excluding hydrogens is 240 g/mol. The Hall–Kier alpha value is -0.770. The molecule has 3 nitrogen and oxygen atoms in total. The quantitative estimate of drug-likeness (QED) is 0.827. The van der Waals surface area contributed by atoms with Gasteiger partial charge in [-0.3, -0.25) is 0 Å². The van der Waals surface area contributed by atoms with Gasteiger partial charge in [-0.15, -0.1) is 0 Å². The highest BCUT2D eigenvalue weighted by Gasteiger charge is 2.15. The van der Waals surface area contributed by atoms with E-state index >= 15 is 0 Å². The Bertz CT molecular complexity index is 362. The van der Waals surface area contributed by atoms with E-state index in [0.717, 1.165) is 37.2 Å². The predicted octanol–water partition coefficient (Wildman–Crippen LogP) is 3.39. The molecular formula is C13H17ClO3. The lowest BCUT2D eigenvalue weighted by molar-refractivity contribution is -0.169. The maximum absolute atomic E-state index is 5.95. The van der Waals surface area contributed by atoms with E-state index in [4.69, 9.17) is 25.8 Å². The highest BCUT2D eigenvalue weighted by atomic mass is 35.5. The van der Waals surface area contributed by atoms with E-state index in [1.165, 1.54) is 0 Å². The van der Waals surface area contributed by atoms with E-state index in [-0.39, 0.29) is 6.29 Å². The molecule has 0 bridgehead atoms. The number of hydrogen-bond donors (Lipinski definition) is 0. The lowest BCUT2D eigenvalue weighted by Gasteiger charge is -2.23. The number of halogens is 1. The number of benzene rings is 1. The molecule has 1 atom stereocenters. The van der Waals surface area contributed by atoms with Gasteiger partial charge in [0, 0.05) is 17.2 Å². The standard InChI is InChI=1S/C13H17ClO3/c1-15-12-6-5-11(14)8-10(12)9-17-13-4-2-3-7-16-13/h5-6,8,13H,2-4,7,9H2,1H3. The molecule has 1 aliphatic heterocycles. The molecule has 1 unspecified atom stereocenters. The maximum Gasteiger partial charge on any atom is 0.158 e. The highest BCUT2D eigenvalue weighted by molar-refractivity contribution is 6.30. The Morgan fingerprint density at radius 1 is 1.41 bits per heavy atom. The molecule has 0 aliphatic carbocycles. The third-order valence-electron chi connectivity index (χ3n) is 2.81. The van der Waals surface area contributed by atoms with Crippen LogP contribution in [0.4, 0.5) is 0 Å². The first-order valence-corrected chi connectivity index (χ1v) is 6.23. The van der Waals surface area contributed by atoms with Gasteiger partial charge in [-0.25, -0.2) is 0 Å². The van der Waals surface area contributed by atoms with E-state index in [9.17, 15) is 0 Å². The Morgan fingerprint density at radius 2 is 2.29 bits per heavy atom. The fraction of sp³-hybridized carbons (Fsp3) is 0.538. The summed E-state index contributed by atoms with van der Waals surface area (Å²) in [5, 5.41) is 0.689. The normalized spacial score (nSPS) is 20.2. The van der Waals surface area contributed by atoms with Crippen molar-refractivity contribution in [2.24, 2.45) is 0 Å². The van der Waals surface area contributed by atoms with Crippen LogP contribution in [0.25, 0.3) is 0 Å². The lowest BCUT2D eigenvalue weighted by atomic mass is 10.2. The fourth-order valence-corrected chi connectivity index (χ4v) is 2.08. The highest BCUT2D eigenvalue weighted by Crippen LogP contribution is 2.24. The second-order valence-electron chi connectivity index (χ2n) is 4.06. The molecule has 1 heterocycles. The zero-order valence-corrected chi connectivity index (χ0v) is 10.7. The molecule has 2 rings (SSSR count). The summed E-state index contributed by atoms with van der Waals surface area (Å²) in [6.07, 6.45) is 3.16. The van der Waals surface area contributed by atoms with E-state index in [1.54, 1.807) is 13.2 Å². The maximum atomic E-state index is 5.95. The van der Waals surface area contributed by atoms with Crippen molar-refractivity contribution in [2.45, 2.75) is 32.2 Å². The second kappa shape index (κ2) is 6.24. The smallest absolute Gasteiger partial charge is 0.158 e. The van der Waals surface area contributed by atoms with Crippen molar-refractivity contribution in [2.75, 3.05) is 13.7 Å². The van der Waals surface area contributed by atoms with Crippen LogP contribution in [-0.4, -0.2) is 20.0 Å². The van der Waals surface area contributed by atoms with Gasteiger partial charge >= 0.3 is 0 Å². The lowest BCUT2D eigenvalue weighted by Crippen LogP contribution is -2.22. The summed E-state index contributed by atoms with van der Waals surface area (Å²) in [5.41, 5.74) is 0.953. The predicted molar refractivity (Wildman–Crippen MR) is 66.4 cm³/mol. The van der Waals surface area contributed by atoms with Crippen molar-refractivity contribution in [3.8, 4) is 5.75 Å². The Morgan fingerprint density at radius 3 is 3.00 bits per heavy atom. The molecule has 1 aliphatic rings. The largest absolute Gasteiger partial charge is 0.496 e. The summed E-state index contributed by atoms with van der Waals surface area (Å²) in [4.78, 5) is 0. The van der Waals surface area contributed by atoms with Crippen molar-refractivity contribution in [1.82, 2.24) is 0 Å². The minimum Gasteiger partial charge on any atom is -0.496 e. The van der Waals surface area contributed by atoms with Crippen LogP contribution in [-0.2, 0) is 16.1 Å². The van der Waals surface area contributed by atoms with Gasteiger partial charge in [-0.2, -0.15) is 0 Å². The molecule has 1 fully saturated rings. The van der Waals surface area contributed by atoms with Gasteiger partial charge in [-0.05, 0) is 37.5 Å². The summed E-state index contributed by atoms with van der Waals surface area (Å²) < 4.78 is 16.5. The Balaban J connectivity index is 1.95. The Labute approximate surface area is 107 Å². The fourth-order valence-electron chi connectivity index (χ4n) is 1.89. The van der Waals surface area contributed by atoms with E-state index in [0.29, 0.717) is 11.6 Å². The number of ether oxygens (including phenoxy) is 3. The summed E-state index contributed by atoms with van der Waals surface area (Å²) in [6.45, 7) is 1.26. The molecule has 4 heteroatoms. The van der Waals surface area contributed by atoms with Gasteiger partial charge < -0.3 is 14.2 Å². The molecule has 0 spiro atoms. The van der Waals surface area contributed by atoms with Gasteiger partial charge in [0.25, 0.3) is 0 Å². The molecule has 0 N–H and O–H groups in total. The topological polar surface area (TPSA) is 27.7 Å². The van der Waals surface area contributed by atoms with E-state index in [1.807, 2.05) is 12.1 Å². The van der Waals surface area contributed by atoms with Gasteiger partial charge in [0.1, 0.15) is 5.75 Å². The summed E-state index contributed by atoms with van der Waals surface area (Å²) >= 11 is 5.95. The summed E-state index contributed by atoms with van der Waals surface area (Å²) in [6, 6.07) is 5.52. The SMILES string of the molecule is COc1ccc(Cl)cc1COC1CCCCO1. The monoisotopic (exact) mass is 256 g/mol. The van der Waals surface area contributed by atoms with Gasteiger partial charge in [0.15, 0.2) is 6.29 Å². The van der Waals surface area contributed by atoms with E-state index in [2.05, 4.69) is 0 Å². The van der Waals surface area contributed by atoms with Gasteiger partial charge in [-0.1, -0.05) is 11.6 Å². The molecule has 17 heavy (non-hydrogen) atoms. The second-order valence-corrected chi connectivity index (χ2v) is 4.50. The van der Waals surface area contributed by atoms with Crippen molar-refractivity contribution < 1.29 is 14.2 Å². The molecule has 94 valence electrons. The third kappa shape index (κ3) is 3.60. The minimum atomic E-state index is -0.0903. The molecule has 1 aromatic rings.